The van der Waals surface area contributed by atoms with Crippen LogP contribution in [0.4, 0.5) is 5.82 Å². The number of nitrogens with zero attached hydrogens (tertiary/aromatic N) is 3. The number of pyridine rings is 1. The highest BCUT2D eigenvalue weighted by atomic mass is 16.5. The summed E-state index contributed by atoms with van der Waals surface area (Å²) in [6.07, 6.45) is 3.58. The summed E-state index contributed by atoms with van der Waals surface area (Å²) in [4.78, 5) is 19.3. The number of aromatic nitrogens is 1. The summed E-state index contributed by atoms with van der Waals surface area (Å²) < 4.78 is 11.8. The van der Waals surface area contributed by atoms with Gasteiger partial charge in [0.2, 0.25) is 5.88 Å². The Morgan fingerprint density at radius 1 is 1.25 bits per heavy atom. The highest BCUT2D eigenvalue weighted by molar-refractivity contribution is 5.77. The molecule has 4 rings (SSSR count). The monoisotopic (exact) mass is 434 g/mol. The van der Waals surface area contributed by atoms with Gasteiger partial charge in [0.05, 0.1) is 12.2 Å². The van der Waals surface area contributed by atoms with Gasteiger partial charge < -0.3 is 19.7 Å². The minimum atomic E-state index is -0.367. The summed E-state index contributed by atoms with van der Waals surface area (Å²) in [5.41, 5.74) is 3.12. The fourth-order valence-corrected chi connectivity index (χ4v) is 4.31. The van der Waals surface area contributed by atoms with Crippen molar-refractivity contribution >= 4 is 11.7 Å². The lowest BCUT2D eigenvalue weighted by molar-refractivity contribution is -0.123. The first-order valence-electron chi connectivity index (χ1n) is 11.2. The standard InChI is InChI=1S/C25H30N4O3/c1-25(2)14-19-20(15-26)24(28-23(21(19)16-32-25)29-12-6-7-13-29)31-17-22(30)27-11-10-18-8-4-3-5-9-18/h3-5,8-9H,6-7,10-14,16-17H2,1-2H3,(H,27,30). The molecule has 1 amide bonds. The first-order chi connectivity index (χ1) is 15.5. The van der Waals surface area contributed by atoms with Crippen LogP contribution >= 0.6 is 0 Å². The van der Waals surface area contributed by atoms with Crippen molar-refractivity contribution in [1.29, 1.82) is 5.26 Å². The number of ether oxygens (including phenoxy) is 2. The molecule has 3 heterocycles. The van der Waals surface area contributed by atoms with E-state index in [1.807, 2.05) is 44.2 Å². The van der Waals surface area contributed by atoms with Crippen LogP contribution in [0.25, 0.3) is 0 Å². The fourth-order valence-electron chi connectivity index (χ4n) is 4.31. The van der Waals surface area contributed by atoms with Crippen LogP contribution in [-0.4, -0.2) is 42.7 Å². The molecule has 1 fully saturated rings. The van der Waals surface area contributed by atoms with E-state index in [9.17, 15) is 10.1 Å². The SMILES string of the molecule is CC1(C)Cc2c(C#N)c(OCC(=O)NCCc3ccccc3)nc(N3CCCC3)c2CO1. The third-order valence-corrected chi connectivity index (χ3v) is 6.00. The summed E-state index contributed by atoms with van der Waals surface area (Å²) in [6, 6.07) is 12.3. The molecular weight excluding hydrogens is 404 g/mol. The van der Waals surface area contributed by atoms with Crippen molar-refractivity contribution in [2.45, 2.75) is 51.7 Å². The zero-order valence-corrected chi connectivity index (χ0v) is 18.8. The maximum absolute atomic E-state index is 12.4. The molecule has 7 nitrogen and oxygen atoms in total. The van der Waals surface area contributed by atoms with Crippen molar-refractivity contribution < 1.29 is 14.3 Å². The lowest BCUT2D eigenvalue weighted by atomic mass is 9.89. The van der Waals surface area contributed by atoms with Crippen molar-refractivity contribution in [1.82, 2.24) is 10.3 Å². The zero-order chi connectivity index (χ0) is 22.6. The number of nitrogens with one attached hydrogen (secondary N) is 1. The first-order valence-corrected chi connectivity index (χ1v) is 11.2. The third kappa shape index (κ3) is 5.03. The van der Waals surface area contributed by atoms with Crippen molar-refractivity contribution in [2.24, 2.45) is 0 Å². The molecule has 0 spiro atoms. The normalized spacial score (nSPS) is 16.8. The number of amides is 1. The largest absolute Gasteiger partial charge is 0.467 e. The van der Waals surface area contributed by atoms with E-state index in [1.165, 1.54) is 0 Å². The van der Waals surface area contributed by atoms with Gasteiger partial charge in [-0.25, -0.2) is 0 Å². The summed E-state index contributed by atoms with van der Waals surface area (Å²) in [6.45, 7) is 6.67. The zero-order valence-electron chi connectivity index (χ0n) is 18.8. The van der Waals surface area contributed by atoms with Gasteiger partial charge in [0.15, 0.2) is 6.61 Å². The molecule has 32 heavy (non-hydrogen) atoms. The van der Waals surface area contributed by atoms with Gasteiger partial charge in [0, 0.05) is 31.6 Å². The number of carbonyl (C=O) groups is 1. The number of carbonyl (C=O) groups excluding carboxylic acids is 1. The van der Waals surface area contributed by atoms with Crippen molar-refractivity contribution in [2.75, 3.05) is 31.1 Å². The van der Waals surface area contributed by atoms with Crippen LogP contribution in [0.2, 0.25) is 0 Å². The molecule has 1 aromatic carbocycles. The van der Waals surface area contributed by atoms with E-state index in [-0.39, 0.29) is 24.0 Å². The van der Waals surface area contributed by atoms with Gasteiger partial charge in [-0.15, -0.1) is 0 Å². The smallest absolute Gasteiger partial charge is 0.258 e. The minimum Gasteiger partial charge on any atom is -0.467 e. The van der Waals surface area contributed by atoms with Crippen LogP contribution in [0.15, 0.2) is 30.3 Å². The van der Waals surface area contributed by atoms with Gasteiger partial charge in [-0.05, 0) is 44.2 Å². The average molecular weight is 435 g/mol. The Bertz CT molecular complexity index is 1010. The van der Waals surface area contributed by atoms with Gasteiger partial charge in [-0.2, -0.15) is 10.2 Å². The molecule has 2 aliphatic rings. The third-order valence-electron chi connectivity index (χ3n) is 6.00. The number of anilines is 1. The van der Waals surface area contributed by atoms with Crippen LogP contribution in [0.1, 0.15) is 48.9 Å². The molecular formula is C25H30N4O3. The molecule has 0 unspecified atom stereocenters. The van der Waals surface area contributed by atoms with E-state index in [0.29, 0.717) is 25.1 Å². The molecule has 0 bridgehead atoms. The Hall–Kier alpha value is -3.11. The summed E-state index contributed by atoms with van der Waals surface area (Å²) in [5.74, 6) is 0.839. The fraction of sp³-hybridized carbons (Fsp3) is 0.480. The summed E-state index contributed by atoms with van der Waals surface area (Å²) >= 11 is 0. The van der Waals surface area contributed by atoms with Crippen LogP contribution in [-0.2, 0) is 29.0 Å². The minimum absolute atomic E-state index is 0.172. The Morgan fingerprint density at radius 2 is 2.00 bits per heavy atom. The topological polar surface area (TPSA) is 87.5 Å². The number of rotatable bonds is 7. The Balaban J connectivity index is 1.49. The van der Waals surface area contributed by atoms with Crippen molar-refractivity contribution in [3.8, 4) is 11.9 Å². The first kappa shape index (κ1) is 22.1. The number of hydrogen-bond donors (Lipinski definition) is 1. The quantitative estimate of drug-likeness (QED) is 0.720. The van der Waals surface area contributed by atoms with Crippen molar-refractivity contribution in [3.05, 3.63) is 52.6 Å². The number of nitriles is 1. The van der Waals surface area contributed by atoms with Gasteiger partial charge in [-0.3, -0.25) is 4.79 Å². The molecule has 1 saturated heterocycles. The van der Waals surface area contributed by atoms with Crippen LogP contribution in [0.3, 0.4) is 0 Å². The molecule has 0 aliphatic carbocycles. The van der Waals surface area contributed by atoms with Gasteiger partial charge >= 0.3 is 0 Å². The van der Waals surface area contributed by atoms with Crippen molar-refractivity contribution in [3.63, 3.8) is 0 Å². The molecule has 0 radical (unpaired) electrons. The highest BCUT2D eigenvalue weighted by Gasteiger charge is 2.34. The van der Waals surface area contributed by atoms with Crippen LogP contribution < -0.4 is 15.0 Å². The lowest BCUT2D eigenvalue weighted by Gasteiger charge is -2.35. The summed E-state index contributed by atoms with van der Waals surface area (Å²) in [5, 5.41) is 12.8. The van der Waals surface area contributed by atoms with E-state index < -0.39 is 0 Å². The predicted molar refractivity (Wildman–Crippen MR) is 122 cm³/mol. The second-order valence-electron chi connectivity index (χ2n) is 8.98. The van der Waals surface area contributed by atoms with Gasteiger partial charge in [0.25, 0.3) is 5.91 Å². The van der Waals surface area contributed by atoms with E-state index in [2.05, 4.69) is 16.3 Å². The number of fused-ring (bicyclic) bond motifs is 1. The van der Waals surface area contributed by atoms with Crippen LogP contribution in [0, 0.1) is 11.3 Å². The van der Waals surface area contributed by atoms with Crippen LogP contribution in [0.5, 0.6) is 5.88 Å². The molecule has 7 heteroatoms. The van der Waals surface area contributed by atoms with E-state index in [0.717, 1.165) is 54.9 Å². The van der Waals surface area contributed by atoms with E-state index in [4.69, 9.17) is 14.5 Å². The molecule has 0 atom stereocenters. The maximum Gasteiger partial charge on any atom is 0.258 e. The van der Waals surface area contributed by atoms with E-state index in [1.54, 1.807) is 0 Å². The molecule has 2 aromatic rings. The Morgan fingerprint density at radius 3 is 2.72 bits per heavy atom. The lowest BCUT2D eigenvalue weighted by Crippen LogP contribution is -2.35. The maximum atomic E-state index is 12.4. The molecule has 1 N–H and O–H groups in total. The Kier molecular flexibility index (Phi) is 6.61. The molecule has 168 valence electrons. The molecule has 2 aliphatic heterocycles. The van der Waals surface area contributed by atoms with E-state index >= 15 is 0 Å². The molecule has 0 saturated carbocycles. The Labute approximate surface area is 189 Å². The molecule has 1 aromatic heterocycles. The second-order valence-corrected chi connectivity index (χ2v) is 8.98. The van der Waals surface area contributed by atoms with Gasteiger partial charge in [0.1, 0.15) is 17.5 Å². The predicted octanol–water partition coefficient (Wildman–Crippen LogP) is 3.14. The summed E-state index contributed by atoms with van der Waals surface area (Å²) in [7, 11) is 0. The second kappa shape index (κ2) is 9.58. The number of benzene rings is 1. The highest BCUT2D eigenvalue weighted by Crippen LogP contribution is 2.39. The number of hydrogen-bond acceptors (Lipinski definition) is 6. The van der Waals surface area contributed by atoms with Gasteiger partial charge in [-0.1, -0.05) is 30.3 Å². The average Bonchev–Trinajstić information content (AvgIpc) is 3.31.